The first-order valence-corrected chi connectivity index (χ1v) is 10.6. The van der Waals surface area contributed by atoms with E-state index in [2.05, 4.69) is 6.92 Å². The van der Waals surface area contributed by atoms with E-state index in [-0.39, 0.29) is 47.7 Å². The lowest BCUT2D eigenvalue weighted by atomic mass is 9.44. The molecule has 7 heteroatoms. The fourth-order valence-corrected chi connectivity index (χ4v) is 7.67. The zero-order valence-electron chi connectivity index (χ0n) is 17.1. The molecule has 0 aliphatic heterocycles. The third-order valence-electron chi connectivity index (χ3n) is 9.34. The molecule has 2 nitrogen and oxygen atoms in total. The van der Waals surface area contributed by atoms with Gasteiger partial charge in [0.25, 0.3) is 0 Å². The molecule has 0 unspecified atom stereocenters. The molecule has 1 N–H and O–H groups in total. The van der Waals surface area contributed by atoms with Crippen LogP contribution in [0.4, 0.5) is 22.0 Å². The van der Waals surface area contributed by atoms with Crippen molar-refractivity contribution in [1.82, 2.24) is 0 Å². The van der Waals surface area contributed by atoms with Gasteiger partial charge >= 0.3 is 12.1 Å². The van der Waals surface area contributed by atoms with Crippen molar-refractivity contribution in [2.45, 2.75) is 83.4 Å². The largest absolute Gasteiger partial charge is 0.456 e. The highest BCUT2D eigenvalue weighted by Crippen LogP contribution is 2.71. The summed E-state index contributed by atoms with van der Waals surface area (Å²) < 4.78 is 68.8. The lowest BCUT2D eigenvalue weighted by molar-refractivity contribution is -0.364. The summed E-state index contributed by atoms with van der Waals surface area (Å²) in [5.74, 6) is -5.21. The van der Waals surface area contributed by atoms with E-state index in [4.69, 9.17) is 0 Å². The molecular formula is C22H29F5O2. The number of hydrogen-bond acceptors (Lipinski definition) is 2. The third-order valence-corrected chi connectivity index (χ3v) is 9.34. The molecule has 164 valence electrons. The van der Waals surface area contributed by atoms with Crippen LogP contribution in [-0.2, 0) is 4.79 Å². The predicted molar refractivity (Wildman–Crippen MR) is 97.2 cm³/mol. The molecular weight excluding hydrogens is 391 g/mol. The van der Waals surface area contributed by atoms with E-state index in [0.717, 1.165) is 5.57 Å². The van der Waals surface area contributed by atoms with Crippen molar-refractivity contribution >= 4 is 5.78 Å². The normalized spacial score (nSPS) is 47.9. The summed E-state index contributed by atoms with van der Waals surface area (Å²) >= 11 is 0. The Labute approximate surface area is 167 Å². The van der Waals surface area contributed by atoms with Gasteiger partial charge in [-0.1, -0.05) is 26.3 Å². The third kappa shape index (κ3) is 2.51. The summed E-state index contributed by atoms with van der Waals surface area (Å²) in [6, 6.07) is 0. The van der Waals surface area contributed by atoms with Gasteiger partial charge in [0.15, 0.2) is 5.78 Å². The van der Waals surface area contributed by atoms with Crippen LogP contribution in [0.5, 0.6) is 0 Å². The Bertz CT molecular complexity index is 759. The van der Waals surface area contributed by atoms with Crippen molar-refractivity contribution in [3.8, 4) is 0 Å². The molecule has 0 aromatic rings. The van der Waals surface area contributed by atoms with Crippen LogP contribution in [0.3, 0.4) is 0 Å². The zero-order chi connectivity index (χ0) is 21.6. The van der Waals surface area contributed by atoms with Crippen molar-refractivity contribution < 1.29 is 31.9 Å². The second kappa shape index (κ2) is 6.04. The van der Waals surface area contributed by atoms with E-state index in [1.54, 1.807) is 6.08 Å². The monoisotopic (exact) mass is 420 g/mol. The van der Waals surface area contributed by atoms with Crippen LogP contribution >= 0.6 is 0 Å². The molecule has 0 bridgehead atoms. The topological polar surface area (TPSA) is 37.3 Å². The van der Waals surface area contributed by atoms with E-state index < -0.39 is 29.5 Å². The van der Waals surface area contributed by atoms with Gasteiger partial charge in [0.2, 0.25) is 0 Å². The highest BCUT2D eigenvalue weighted by molar-refractivity contribution is 5.91. The van der Waals surface area contributed by atoms with E-state index in [0.29, 0.717) is 25.7 Å². The average molecular weight is 420 g/mol. The minimum Gasteiger partial charge on any atom is -0.383 e. The van der Waals surface area contributed by atoms with Crippen molar-refractivity contribution in [2.24, 2.45) is 34.5 Å². The van der Waals surface area contributed by atoms with Crippen LogP contribution in [0.1, 0.15) is 65.7 Å². The van der Waals surface area contributed by atoms with Crippen LogP contribution < -0.4 is 0 Å². The Kier molecular flexibility index (Phi) is 4.43. The average Bonchev–Trinajstić information content (AvgIpc) is 2.88. The molecule has 3 fully saturated rings. The lowest BCUT2D eigenvalue weighted by Crippen LogP contribution is -2.66. The Morgan fingerprint density at radius 2 is 1.66 bits per heavy atom. The summed E-state index contributed by atoms with van der Waals surface area (Å²) in [5, 5.41) is 10.9. The number of halogens is 5. The fraction of sp³-hybridized carbons (Fsp3) is 0.864. The lowest BCUT2D eigenvalue weighted by Gasteiger charge is -2.61. The van der Waals surface area contributed by atoms with Gasteiger partial charge < -0.3 is 5.11 Å². The molecule has 4 aliphatic rings. The second-order valence-corrected chi connectivity index (χ2v) is 10.5. The molecule has 0 radical (unpaired) electrons. The minimum absolute atomic E-state index is 0.0258. The maximum absolute atomic E-state index is 14.5. The van der Waals surface area contributed by atoms with Crippen molar-refractivity contribution in [1.29, 1.82) is 0 Å². The molecule has 0 amide bonds. The van der Waals surface area contributed by atoms with Gasteiger partial charge in [0, 0.05) is 11.8 Å². The van der Waals surface area contributed by atoms with Gasteiger partial charge in [-0.05, 0) is 73.7 Å². The van der Waals surface area contributed by atoms with Gasteiger partial charge in [-0.3, -0.25) is 4.79 Å². The minimum atomic E-state index is -5.78. The van der Waals surface area contributed by atoms with E-state index in [1.807, 2.05) is 6.92 Å². The summed E-state index contributed by atoms with van der Waals surface area (Å²) in [4.78, 5) is 12.0. The van der Waals surface area contributed by atoms with Crippen LogP contribution in [-0.4, -0.2) is 28.6 Å². The Hall–Kier alpha value is -0.980. The number of hydrogen-bond donors (Lipinski definition) is 1. The van der Waals surface area contributed by atoms with E-state index in [9.17, 15) is 31.9 Å². The van der Waals surface area contributed by atoms with Crippen LogP contribution in [0.2, 0.25) is 0 Å². The maximum Gasteiger partial charge on any atom is 0.456 e. The number of alkyl halides is 5. The number of aliphatic hydroxyl groups is 1. The summed E-state index contributed by atoms with van der Waals surface area (Å²) in [6.07, 6.45) is -1.91. The van der Waals surface area contributed by atoms with Gasteiger partial charge in [-0.15, -0.1) is 0 Å². The zero-order valence-corrected chi connectivity index (χ0v) is 17.1. The van der Waals surface area contributed by atoms with Gasteiger partial charge in [0.1, 0.15) is 5.60 Å². The summed E-state index contributed by atoms with van der Waals surface area (Å²) in [5.41, 5.74) is -3.66. The molecule has 4 aliphatic carbocycles. The summed E-state index contributed by atoms with van der Waals surface area (Å²) in [6.45, 7) is 5.59. The molecule has 4 rings (SSSR count). The SMILES string of the molecule is C[C@@H]1CC2=CC(=O)CC[C@]2(C)[C@H]2CC[C@@]3(C)[C@@H](CC[C@@]3(O)C(F)(F)C(F)(F)F)[C@H]12. The quantitative estimate of drug-likeness (QED) is 0.553. The first kappa shape index (κ1) is 21.3. The van der Waals surface area contributed by atoms with Crippen LogP contribution in [0.25, 0.3) is 0 Å². The number of rotatable bonds is 1. The van der Waals surface area contributed by atoms with Gasteiger partial charge in [-0.2, -0.15) is 22.0 Å². The van der Waals surface area contributed by atoms with E-state index >= 15 is 0 Å². The smallest absolute Gasteiger partial charge is 0.383 e. The second-order valence-electron chi connectivity index (χ2n) is 10.5. The number of carbonyl (C=O) groups is 1. The molecule has 7 atom stereocenters. The molecule has 0 saturated heterocycles. The van der Waals surface area contributed by atoms with Crippen molar-refractivity contribution in [2.75, 3.05) is 0 Å². The van der Waals surface area contributed by atoms with Crippen molar-refractivity contribution in [3.63, 3.8) is 0 Å². The molecule has 0 heterocycles. The standard InChI is InChI=1S/C22H29F5O2/c1-12-10-13-11-14(28)4-7-18(13,2)15-5-8-19(3)16(17(12)15)6-9-20(19,29)21(23,24)22(25,26)27/h11-12,15-17,29H,4-10H2,1-3H3/t12-,15+,16+,17-,18+,19+,20+/m1/s1. The Morgan fingerprint density at radius 1 is 1.03 bits per heavy atom. The molecule has 0 aromatic carbocycles. The van der Waals surface area contributed by atoms with Crippen LogP contribution in [0, 0.1) is 34.5 Å². The number of allylic oxidation sites excluding steroid dienone is 1. The van der Waals surface area contributed by atoms with E-state index in [1.165, 1.54) is 6.92 Å². The summed E-state index contributed by atoms with van der Waals surface area (Å²) in [7, 11) is 0. The highest BCUT2D eigenvalue weighted by atomic mass is 19.4. The Balaban J connectivity index is 1.74. The van der Waals surface area contributed by atoms with Gasteiger partial charge in [-0.25, -0.2) is 0 Å². The molecule has 0 spiro atoms. The highest BCUT2D eigenvalue weighted by Gasteiger charge is 2.79. The Morgan fingerprint density at radius 3 is 2.28 bits per heavy atom. The first-order chi connectivity index (χ1) is 13.2. The molecule has 29 heavy (non-hydrogen) atoms. The molecule has 0 aromatic heterocycles. The first-order valence-electron chi connectivity index (χ1n) is 10.6. The van der Waals surface area contributed by atoms with Crippen LogP contribution in [0.15, 0.2) is 11.6 Å². The number of carbonyl (C=O) groups excluding carboxylic acids is 1. The number of ketones is 1. The molecule has 3 saturated carbocycles. The fourth-order valence-electron chi connectivity index (χ4n) is 7.67. The maximum atomic E-state index is 14.5. The van der Waals surface area contributed by atoms with Crippen molar-refractivity contribution in [3.05, 3.63) is 11.6 Å². The van der Waals surface area contributed by atoms with Gasteiger partial charge in [0.05, 0.1) is 0 Å². The number of fused-ring (bicyclic) bond motifs is 5. The predicted octanol–water partition coefficient (Wildman–Crippen LogP) is 5.69.